The van der Waals surface area contributed by atoms with Crippen LogP contribution in [-0.4, -0.2) is 64.0 Å². The number of fused-ring (bicyclic) bond motifs is 1. The third-order valence-electron chi connectivity index (χ3n) is 7.03. The first-order valence-electron chi connectivity index (χ1n) is 13.3. The number of amides is 2. The molecule has 2 heterocycles. The number of benzene rings is 3. The molecular formula is C30H30FN5O5. The average molecular weight is 560 g/mol. The summed E-state index contributed by atoms with van der Waals surface area (Å²) >= 11 is 0. The van der Waals surface area contributed by atoms with Crippen LogP contribution >= 0.6 is 0 Å². The van der Waals surface area contributed by atoms with Gasteiger partial charge >= 0.3 is 5.97 Å². The van der Waals surface area contributed by atoms with Crippen molar-refractivity contribution < 1.29 is 28.2 Å². The van der Waals surface area contributed by atoms with E-state index in [4.69, 9.17) is 9.47 Å². The first-order valence-corrected chi connectivity index (χ1v) is 13.3. The summed E-state index contributed by atoms with van der Waals surface area (Å²) in [4.78, 5) is 41.3. The molecule has 2 atom stereocenters. The monoisotopic (exact) mass is 559 g/mol. The Kier molecular flexibility index (Phi) is 8.64. The van der Waals surface area contributed by atoms with Gasteiger partial charge in [0.05, 0.1) is 24.3 Å². The third-order valence-corrected chi connectivity index (χ3v) is 7.03. The van der Waals surface area contributed by atoms with Gasteiger partial charge in [-0.3, -0.25) is 9.59 Å². The molecule has 0 saturated carbocycles. The number of hydrogen-bond donors (Lipinski definition) is 1. The van der Waals surface area contributed by atoms with E-state index in [1.807, 2.05) is 18.2 Å². The summed E-state index contributed by atoms with van der Waals surface area (Å²) in [7, 11) is 1.29. The molecule has 5 rings (SSSR count). The van der Waals surface area contributed by atoms with E-state index in [0.29, 0.717) is 40.9 Å². The molecule has 1 aromatic heterocycles. The van der Waals surface area contributed by atoms with E-state index in [1.165, 1.54) is 28.8 Å². The van der Waals surface area contributed by atoms with Gasteiger partial charge in [0.15, 0.2) is 0 Å². The lowest BCUT2D eigenvalue weighted by Crippen LogP contribution is -2.46. The SMILES string of the molecule is COC(=O)c1ccc([C@@H](C(=O)NC[C@@H]2CCCO2)N(Cc2ccc(F)cc2)C(=O)Cn2nnc3ccccc32)cc1. The highest BCUT2D eigenvalue weighted by Crippen LogP contribution is 2.26. The van der Waals surface area contributed by atoms with Gasteiger partial charge in [0.1, 0.15) is 23.9 Å². The molecule has 41 heavy (non-hydrogen) atoms. The number of halogens is 1. The highest BCUT2D eigenvalue weighted by atomic mass is 19.1. The Hall–Kier alpha value is -4.64. The van der Waals surface area contributed by atoms with Gasteiger partial charge in [-0.1, -0.05) is 41.6 Å². The van der Waals surface area contributed by atoms with Crippen LogP contribution < -0.4 is 5.32 Å². The molecule has 0 unspecified atom stereocenters. The zero-order chi connectivity index (χ0) is 28.8. The minimum atomic E-state index is -1.07. The number of rotatable bonds is 10. The molecule has 0 spiro atoms. The molecule has 1 N–H and O–H groups in total. The maximum atomic E-state index is 14.0. The Morgan fingerprint density at radius 3 is 2.56 bits per heavy atom. The summed E-state index contributed by atoms with van der Waals surface area (Å²) in [5, 5.41) is 11.2. The maximum Gasteiger partial charge on any atom is 0.337 e. The van der Waals surface area contributed by atoms with Crippen molar-refractivity contribution in [2.45, 2.75) is 38.1 Å². The van der Waals surface area contributed by atoms with Crippen LogP contribution in [0.3, 0.4) is 0 Å². The number of carbonyl (C=O) groups is 3. The van der Waals surface area contributed by atoms with Crippen LogP contribution in [0.4, 0.5) is 4.39 Å². The smallest absolute Gasteiger partial charge is 0.337 e. The Bertz CT molecular complexity index is 1520. The second-order valence-corrected chi connectivity index (χ2v) is 9.78. The Morgan fingerprint density at radius 1 is 1.10 bits per heavy atom. The molecule has 1 fully saturated rings. The molecule has 11 heteroatoms. The van der Waals surface area contributed by atoms with Gasteiger partial charge in [-0.2, -0.15) is 0 Å². The zero-order valence-electron chi connectivity index (χ0n) is 22.5. The number of aromatic nitrogens is 3. The topological polar surface area (TPSA) is 116 Å². The minimum Gasteiger partial charge on any atom is -0.465 e. The van der Waals surface area contributed by atoms with E-state index < -0.39 is 29.6 Å². The molecular weight excluding hydrogens is 529 g/mol. The summed E-state index contributed by atoms with van der Waals surface area (Å²) in [6.07, 6.45) is 1.64. The van der Waals surface area contributed by atoms with Crippen molar-refractivity contribution in [2.24, 2.45) is 0 Å². The van der Waals surface area contributed by atoms with Crippen LogP contribution in [0.15, 0.2) is 72.8 Å². The number of para-hydroxylation sites is 1. The second-order valence-electron chi connectivity index (χ2n) is 9.78. The quantitative estimate of drug-likeness (QED) is 0.296. The van der Waals surface area contributed by atoms with E-state index in [1.54, 1.807) is 42.5 Å². The zero-order valence-corrected chi connectivity index (χ0v) is 22.5. The molecule has 0 bridgehead atoms. The summed E-state index contributed by atoms with van der Waals surface area (Å²) in [6.45, 7) is 0.766. The van der Waals surface area contributed by atoms with Gasteiger partial charge in [-0.25, -0.2) is 13.9 Å². The summed E-state index contributed by atoms with van der Waals surface area (Å²) < 4.78 is 25.7. The normalized spacial score (nSPS) is 15.4. The third kappa shape index (κ3) is 6.58. The van der Waals surface area contributed by atoms with Crippen LogP contribution in [0.1, 0.15) is 40.4 Å². The number of nitrogens with one attached hydrogen (secondary N) is 1. The van der Waals surface area contributed by atoms with Gasteiger partial charge in [-0.05, 0) is 60.4 Å². The maximum absolute atomic E-state index is 14.0. The lowest BCUT2D eigenvalue weighted by Gasteiger charge is -2.32. The van der Waals surface area contributed by atoms with Crippen LogP contribution in [0.25, 0.3) is 11.0 Å². The van der Waals surface area contributed by atoms with Crippen molar-refractivity contribution in [1.82, 2.24) is 25.2 Å². The Balaban J connectivity index is 1.51. The van der Waals surface area contributed by atoms with Gasteiger partial charge in [0.2, 0.25) is 11.8 Å². The fourth-order valence-corrected chi connectivity index (χ4v) is 4.87. The van der Waals surface area contributed by atoms with E-state index in [0.717, 1.165) is 12.8 Å². The lowest BCUT2D eigenvalue weighted by atomic mass is 10.0. The predicted octanol–water partition coefficient (Wildman–Crippen LogP) is 3.42. The fourth-order valence-electron chi connectivity index (χ4n) is 4.87. The van der Waals surface area contributed by atoms with Crippen molar-refractivity contribution in [3.8, 4) is 0 Å². The number of methoxy groups -OCH3 is 1. The predicted molar refractivity (Wildman–Crippen MR) is 147 cm³/mol. The van der Waals surface area contributed by atoms with Crippen LogP contribution in [0, 0.1) is 5.82 Å². The second kappa shape index (κ2) is 12.7. The van der Waals surface area contributed by atoms with E-state index in [-0.39, 0.29) is 19.2 Å². The summed E-state index contributed by atoms with van der Waals surface area (Å²) in [5.74, 6) is -1.75. The highest BCUT2D eigenvalue weighted by molar-refractivity contribution is 5.91. The average Bonchev–Trinajstić information content (AvgIpc) is 3.67. The molecule has 1 saturated heterocycles. The van der Waals surface area contributed by atoms with Crippen LogP contribution in [0.5, 0.6) is 0 Å². The molecule has 10 nitrogen and oxygen atoms in total. The number of hydrogen-bond acceptors (Lipinski definition) is 7. The first kappa shape index (κ1) is 27.9. The minimum absolute atomic E-state index is 0.0164. The molecule has 0 aliphatic carbocycles. The van der Waals surface area contributed by atoms with Crippen LogP contribution in [-0.2, 0) is 32.2 Å². The standard InChI is InChI=1S/C30H30FN5O5/c1-40-30(39)22-12-10-21(11-13-22)28(29(38)32-17-24-5-4-16-41-24)35(18-20-8-14-23(31)15-9-20)27(37)19-36-26-7-3-2-6-25(26)33-34-36/h2-3,6-15,24,28H,4-5,16-19H2,1H3,(H,32,38)/t24-,28-/m0/s1. The summed E-state index contributed by atoms with van der Waals surface area (Å²) in [5.41, 5.74) is 2.73. The van der Waals surface area contributed by atoms with Gasteiger partial charge in [0.25, 0.3) is 0 Å². The number of carbonyl (C=O) groups excluding carboxylic acids is 3. The molecule has 0 radical (unpaired) electrons. The summed E-state index contributed by atoms with van der Waals surface area (Å²) in [6, 6.07) is 18.3. The van der Waals surface area contributed by atoms with Crippen molar-refractivity contribution >= 4 is 28.8 Å². The molecule has 4 aromatic rings. The molecule has 212 valence electrons. The number of ether oxygens (including phenoxy) is 2. The van der Waals surface area contributed by atoms with Gasteiger partial charge in [0, 0.05) is 19.7 Å². The molecule has 2 amide bonds. The van der Waals surface area contributed by atoms with Crippen LogP contribution in [0.2, 0.25) is 0 Å². The highest BCUT2D eigenvalue weighted by Gasteiger charge is 2.33. The van der Waals surface area contributed by atoms with Crippen molar-refractivity contribution in [3.63, 3.8) is 0 Å². The molecule has 1 aliphatic heterocycles. The van der Waals surface area contributed by atoms with E-state index >= 15 is 0 Å². The Morgan fingerprint density at radius 2 is 1.85 bits per heavy atom. The molecule has 1 aliphatic rings. The first-order chi connectivity index (χ1) is 19.9. The fraction of sp³-hybridized carbons (Fsp3) is 0.300. The van der Waals surface area contributed by atoms with E-state index in [9.17, 15) is 18.8 Å². The lowest BCUT2D eigenvalue weighted by molar-refractivity contribution is -0.142. The largest absolute Gasteiger partial charge is 0.465 e. The van der Waals surface area contributed by atoms with Crippen molar-refractivity contribution in [1.29, 1.82) is 0 Å². The molecule has 3 aromatic carbocycles. The number of esters is 1. The van der Waals surface area contributed by atoms with Crippen molar-refractivity contribution in [2.75, 3.05) is 20.3 Å². The number of nitrogens with zero attached hydrogens (tertiary/aromatic N) is 4. The van der Waals surface area contributed by atoms with Gasteiger partial charge < -0.3 is 19.7 Å². The van der Waals surface area contributed by atoms with E-state index in [2.05, 4.69) is 15.6 Å². The van der Waals surface area contributed by atoms with Gasteiger partial charge in [-0.15, -0.1) is 5.10 Å². The Labute approximate surface area is 236 Å². The van der Waals surface area contributed by atoms with Crippen molar-refractivity contribution in [3.05, 3.63) is 95.3 Å².